The van der Waals surface area contributed by atoms with Gasteiger partial charge in [0.1, 0.15) is 0 Å². The minimum Gasteiger partial charge on any atom is -0.351 e. The molecule has 4 nitrogen and oxygen atoms in total. The monoisotopic (exact) mass is 310 g/mol. The predicted octanol–water partition coefficient (Wildman–Crippen LogP) is 3.36. The number of piperidine rings is 1. The summed E-state index contributed by atoms with van der Waals surface area (Å²) in [6.45, 7) is 11.6. The first kappa shape index (κ1) is 19.0. The third-order valence-electron chi connectivity index (χ3n) is 4.34. The number of nitrogens with zero attached hydrogens (tertiary/aromatic N) is 1. The molecule has 2 unspecified atom stereocenters. The number of nitrogens with one attached hydrogen (secondary N) is 1. The van der Waals surface area contributed by atoms with E-state index in [4.69, 9.17) is 0 Å². The Morgan fingerprint density at radius 3 is 2.36 bits per heavy atom. The molecular formula is C18H34N2O2. The van der Waals surface area contributed by atoms with Crippen LogP contribution in [0.1, 0.15) is 73.1 Å². The smallest absolute Gasteiger partial charge is 0.225 e. The normalized spacial score (nSPS) is 22.5. The number of unbranched alkanes of at least 4 members (excludes halogenated alkanes) is 1. The molecule has 1 saturated heterocycles. The summed E-state index contributed by atoms with van der Waals surface area (Å²) in [5.41, 5.74) is -0.380. The minimum atomic E-state index is -0.380. The highest BCUT2D eigenvalue weighted by Crippen LogP contribution is 2.24. The Hall–Kier alpha value is -1.06. The SMILES string of the molecule is CCCCC1CC(NC(=O)C(C)(C)C)CN(C(=O)CCC)C1. The van der Waals surface area contributed by atoms with Crippen molar-refractivity contribution in [3.63, 3.8) is 0 Å². The maximum Gasteiger partial charge on any atom is 0.225 e. The van der Waals surface area contributed by atoms with E-state index in [-0.39, 0.29) is 23.3 Å². The predicted molar refractivity (Wildman–Crippen MR) is 90.5 cm³/mol. The summed E-state index contributed by atoms with van der Waals surface area (Å²) in [6, 6.07) is 0.100. The van der Waals surface area contributed by atoms with Crippen molar-refractivity contribution in [1.82, 2.24) is 10.2 Å². The van der Waals surface area contributed by atoms with Gasteiger partial charge in [-0.05, 0) is 25.2 Å². The molecule has 0 aromatic heterocycles. The van der Waals surface area contributed by atoms with Crippen LogP contribution in [0.2, 0.25) is 0 Å². The van der Waals surface area contributed by atoms with Crippen LogP contribution in [-0.2, 0) is 9.59 Å². The van der Waals surface area contributed by atoms with Gasteiger partial charge in [-0.25, -0.2) is 0 Å². The third-order valence-corrected chi connectivity index (χ3v) is 4.34. The van der Waals surface area contributed by atoms with Crippen molar-refractivity contribution in [2.75, 3.05) is 13.1 Å². The highest BCUT2D eigenvalue weighted by Gasteiger charge is 2.32. The van der Waals surface area contributed by atoms with Crippen molar-refractivity contribution in [2.45, 2.75) is 79.2 Å². The lowest BCUT2D eigenvalue weighted by atomic mass is 9.88. The van der Waals surface area contributed by atoms with Gasteiger partial charge in [0.05, 0.1) is 0 Å². The molecule has 2 amide bonds. The summed E-state index contributed by atoms with van der Waals surface area (Å²) in [5, 5.41) is 3.16. The lowest BCUT2D eigenvalue weighted by Gasteiger charge is -2.39. The second kappa shape index (κ2) is 8.54. The number of amides is 2. The maximum absolute atomic E-state index is 12.3. The second-order valence-electron chi connectivity index (χ2n) is 7.71. The van der Waals surface area contributed by atoms with Gasteiger partial charge in [-0.1, -0.05) is 47.5 Å². The number of carbonyl (C=O) groups is 2. The zero-order valence-electron chi connectivity index (χ0n) is 15.1. The molecule has 1 aliphatic heterocycles. The average Bonchev–Trinajstić information content (AvgIpc) is 2.44. The zero-order chi connectivity index (χ0) is 16.8. The van der Waals surface area contributed by atoms with Crippen LogP contribution in [0.25, 0.3) is 0 Å². The van der Waals surface area contributed by atoms with Crippen LogP contribution in [0.3, 0.4) is 0 Å². The van der Waals surface area contributed by atoms with Crippen LogP contribution < -0.4 is 5.32 Å². The van der Waals surface area contributed by atoms with Gasteiger partial charge in [-0.3, -0.25) is 9.59 Å². The van der Waals surface area contributed by atoms with Gasteiger partial charge in [0.15, 0.2) is 0 Å². The van der Waals surface area contributed by atoms with Gasteiger partial charge < -0.3 is 10.2 Å². The molecule has 1 heterocycles. The molecule has 0 saturated carbocycles. The molecule has 0 bridgehead atoms. The topological polar surface area (TPSA) is 49.4 Å². The van der Waals surface area contributed by atoms with Gasteiger partial charge in [-0.15, -0.1) is 0 Å². The molecule has 22 heavy (non-hydrogen) atoms. The molecule has 4 heteroatoms. The summed E-state index contributed by atoms with van der Waals surface area (Å²) in [5.74, 6) is 0.829. The minimum absolute atomic E-state index is 0.0801. The lowest BCUT2D eigenvalue weighted by Crippen LogP contribution is -2.54. The fraction of sp³-hybridized carbons (Fsp3) is 0.889. The van der Waals surface area contributed by atoms with Gasteiger partial charge in [0.2, 0.25) is 11.8 Å². The number of hydrogen-bond acceptors (Lipinski definition) is 2. The zero-order valence-corrected chi connectivity index (χ0v) is 15.1. The Kier molecular flexibility index (Phi) is 7.37. The molecule has 0 radical (unpaired) electrons. The highest BCUT2D eigenvalue weighted by atomic mass is 16.2. The molecule has 0 spiro atoms. The number of likely N-dealkylation sites (tertiary alicyclic amines) is 1. The Morgan fingerprint density at radius 2 is 1.82 bits per heavy atom. The quantitative estimate of drug-likeness (QED) is 0.818. The van der Waals surface area contributed by atoms with E-state index in [1.807, 2.05) is 32.6 Å². The number of hydrogen-bond donors (Lipinski definition) is 1. The molecule has 0 aliphatic carbocycles. The molecule has 1 N–H and O–H groups in total. The van der Waals surface area contributed by atoms with Crippen LogP contribution in [0, 0.1) is 11.3 Å². The molecule has 1 fully saturated rings. The van der Waals surface area contributed by atoms with E-state index < -0.39 is 0 Å². The van der Waals surface area contributed by atoms with E-state index in [9.17, 15) is 9.59 Å². The van der Waals surface area contributed by atoms with E-state index in [0.29, 0.717) is 18.9 Å². The van der Waals surface area contributed by atoms with Gasteiger partial charge in [0.25, 0.3) is 0 Å². The Labute approximate surface area is 136 Å². The Bertz CT molecular complexity index is 374. The van der Waals surface area contributed by atoms with Crippen molar-refractivity contribution in [3.8, 4) is 0 Å². The fourth-order valence-electron chi connectivity index (χ4n) is 2.99. The van der Waals surface area contributed by atoms with E-state index >= 15 is 0 Å². The van der Waals surface area contributed by atoms with E-state index in [1.54, 1.807) is 0 Å². The van der Waals surface area contributed by atoms with Crippen LogP contribution in [0.15, 0.2) is 0 Å². The number of rotatable bonds is 6. The second-order valence-corrected chi connectivity index (χ2v) is 7.71. The standard InChI is InChI=1S/C18H34N2O2/c1-6-8-10-14-11-15(19-17(22)18(3,4)5)13-20(12-14)16(21)9-7-2/h14-15H,6-13H2,1-5H3,(H,19,22). The Morgan fingerprint density at radius 1 is 1.14 bits per heavy atom. The van der Waals surface area contributed by atoms with E-state index in [1.165, 1.54) is 12.8 Å². The first-order chi connectivity index (χ1) is 10.3. The molecule has 128 valence electrons. The molecule has 1 aliphatic rings. The molecular weight excluding hydrogens is 276 g/mol. The van der Waals surface area contributed by atoms with Crippen LogP contribution in [0.5, 0.6) is 0 Å². The van der Waals surface area contributed by atoms with Gasteiger partial charge in [-0.2, -0.15) is 0 Å². The summed E-state index contributed by atoms with van der Waals surface area (Å²) in [7, 11) is 0. The van der Waals surface area contributed by atoms with Crippen LogP contribution >= 0.6 is 0 Å². The van der Waals surface area contributed by atoms with Crippen molar-refractivity contribution in [2.24, 2.45) is 11.3 Å². The maximum atomic E-state index is 12.3. The first-order valence-electron chi connectivity index (χ1n) is 8.86. The number of carbonyl (C=O) groups excluding carboxylic acids is 2. The van der Waals surface area contributed by atoms with Crippen molar-refractivity contribution in [3.05, 3.63) is 0 Å². The molecule has 0 aromatic rings. The van der Waals surface area contributed by atoms with Gasteiger partial charge in [0, 0.05) is 31.0 Å². The lowest BCUT2D eigenvalue weighted by molar-refractivity contribution is -0.136. The molecule has 0 aromatic carbocycles. The van der Waals surface area contributed by atoms with Crippen molar-refractivity contribution in [1.29, 1.82) is 0 Å². The van der Waals surface area contributed by atoms with Gasteiger partial charge >= 0.3 is 0 Å². The van der Waals surface area contributed by atoms with E-state index in [2.05, 4.69) is 12.2 Å². The van der Waals surface area contributed by atoms with Crippen molar-refractivity contribution >= 4 is 11.8 Å². The largest absolute Gasteiger partial charge is 0.351 e. The Balaban J connectivity index is 2.70. The summed E-state index contributed by atoms with van der Waals surface area (Å²) in [4.78, 5) is 26.5. The summed E-state index contributed by atoms with van der Waals surface area (Å²) in [6.07, 6.45) is 6.01. The highest BCUT2D eigenvalue weighted by molar-refractivity contribution is 5.82. The third kappa shape index (κ3) is 5.98. The average molecular weight is 310 g/mol. The van der Waals surface area contributed by atoms with Crippen molar-refractivity contribution < 1.29 is 9.59 Å². The molecule has 1 rings (SSSR count). The first-order valence-corrected chi connectivity index (χ1v) is 8.86. The van der Waals surface area contributed by atoms with E-state index in [0.717, 1.165) is 25.8 Å². The van der Waals surface area contributed by atoms with Crippen LogP contribution in [0.4, 0.5) is 0 Å². The summed E-state index contributed by atoms with van der Waals surface area (Å²) >= 11 is 0. The molecule has 2 atom stereocenters. The summed E-state index contributed by atoms with van der Waals surface area (Å²) < 4.78 is 0. The van der Waals surface area contributed by atoms with Crippen LogP contribution in [-0.4, -0.2) is 35.8 Å². The fourth-order valence-corrected chi connectivity index (χ4v) is 2.99.